The summed E-state index contributed by atoms with van der Waals surface area (Å²) < 4.78 is 3.69. The Hall–Kier alpha value is -3.41. The lowest BCUT2D eigenvalue weighted by molar-refractivity contribution is -0.658. The van der Waals surface area contributed by atoms with Crippen molar-refractivity contribution >= 4 is 34.7 Å². The fourth-order valence-corrected chi connectivity index (χ4v) is 3.06. The number of carbonyl (C=O) groups excluding carboxylic acids is 2. The monoisotopic (exact) mass is 363 g/mol. The van der Waals surface area contributed by atoms with Crippen LogP contribution < -0.4 is 15.2 Å². The fraction of sp³-hybridized carbons (Fsp3) is 0.190. The predicted octanol–water partition coefficient (Wildman–Crippen LogP) is 2.40. The van der Waals surface area contributed by atoms with Crippen molar-refractivity contribution in [3.63, 3.8) is 0 Å². The third-order valence-corrected chi connectivity index (χ3v) is 4.44. The van der Waals surface area contributed by atoms with Crippen molar-refractivity contribution in [3.8, 4) is 0 Å². The Labute approximate surface area is 158 Å². The van der Waals surface area contributed by atoms with Crippen molar-refractivity contribution in [2.75, 3.05) is 11.9 Å². The number of hydrogen-bond acceptors (Lipinski definition) is 2. The highest BCUT2D eigenvalue weighted by atomic mass is 16.2. The van der Waals surface area contributed by atoms with Crippen LogP contribution in [0.3, 0.4) is 0 Å². The zero-order chi connectivity index (χ0) is 19.4. The predicted molar refractivity (Wildman–Crippen MR) is 106 cm³/mol. The highest BCUT2D eigenvalue weighted by Gasteiger charge is 2.17. The highest BCUT2D eigenvalue weighted by Crippen LogP contribution is 2.19. The maximum atomic E-state index is 12.3. The Kier molecular flexibility index (Phi) is 5.35. The lowest BCUT2D eigenvalue weighted by Gasteiger charge is -2.11. The molecule has 0 saturated carbocycles. The summed E-state index contributed by atoms with van der Waals surface area (Å²) in [5.74, 6) is -0.483. The third-order valence-electron chi connectivity index (χ3n) is 4.44. The second-order valence-corrected chi connectivity index (χ2v) is 6.41. The molecule has 138 valence electrons. The Bertz CT molecular complexity index is 1000. The minimum atomic E-state index is -0.251. The molecule has 3 rings (SSSR count). The first-order valence-corrected chi connectivity index (χ1v) is 8.74. The molecule has 1 aromatic heterocycles. The second-order valence-electron chi connectivity index (χ2n) is 6.41. The number of amides is 2. The van der Waals surface area contributed by atoms with Crippen molar-refractivity contribution < 1.29 is 14.2 Å². The first-order valence-electron chi connectivity index (χ1n) is 8.74. The van der Waals surface area contributed by atoms with E-state index in [9.17, 15) is 9.59 Å². The number of imidazole rings is 1. The summed E-state index contributed by atoms with van der Waals surface area (Å²) in [4.78, 5) is 24.5. The lowest BCUT2D eigenvalue weighted by atomic mass is 10.1. The maximum absolute atomic E-state index is 12.3. The van der Waals surface area contributed by atoms with Gasteiger partial charge in [-0.05, 0) is 37.1 Å². The number of aromatic nitrogens is 2. The molecule has 0 aliphatic rings. The summed E-state index contributed by atoms with van der Waals surface area (Å²) in [6.07, 6.45) is 3.50. The molecule has 0 bridgehead atoms. The number of benzene rings is 2. The molecule has 0 saturated heterocycles. The topological polar surface area (TPSA) is 67.0 Å². The minimum absolute atomic E-state index is 0.0761. The van der Waals surface area contributed by atoms with Crippen LogP contribution in [0, 0.1) is 13.8 Å². The lowest BCUT2D eigenvalue weighted by Crippen LogP contribution is -2.44. The van der Waals surface area contributed by atoms with Crippen molar-refractivity contribution in [1.29, 1.82) is 0 Å². The van der Waals surface area contributed by atoms with Crippen LogP contribution in [0.4, 0.5) is 5.69 Å². The van der Waals surface area contributed by atoms with Crippen LogP contribution in [0.5, 0.6) is 0 Å². The standard InChI is InChI=1S/C21H22N4O2/c1-4-24-14-25(18-11-6-5-10-17(18)24)13-20(27)22-12-19(26)23-21-15(2)8-7-9-16(21)3/h4-11,14H,1,12-13H2,2-3H3,(H-,22,23,26,27)/p+1. The summed E-state index contributed by atoms with van der Waals surface area (Å²) >= 11 is 0. The quantitative estimate of drug-likeness (QED) is 0.661. The molecule has 6 heteroatoms. The summed E-state index contributed by atoms with van der Waals surface area (Å²) in [7, 11) is 0. The van der Waals surface area contributed by atoms with E-state index in [1.165, 1.54) is 0 Å². The van der Waals surface area contributed by atoms with Crippen LogP contribution in [-0.2, 0) is 16.1 Å². The summed E-state index contributed by atoms with van der Waals surface area (Å²) in [6.45, 7) is 7.71. The van der Waals surface area contributed by atoms with Crippen LogP contribution in [0.25, 0.3) is 17.2 Å². The maximum Gasteiger partial charge on any atom is 0.262 e. The van der Waals surface area contributed by atoms with Crippen molar-refractivity contribution in [1.82, 2.24) is 9.88 Å². The van der Waals surface area contributed by atoms with Gasteiger partial charge in [-0.1, -0.05) is 36.9 Å². The minimum Gasteiger partial charge on any atom is -0.344 e. The van der Waals surface area contributed by atoms with Gasteiger partial charge in [-0.2, -0.15) is 0 Å². The van der Waals surface area contributed by atoms with Gasteiger partial charge in [0, 0.05) is 5.69 Å². The molecule has 0 aliphatic heterocycles. The average molecular weight is 363 g/mol. The normalized spacial score (nSPS) is 10.6. The molecule has 0 aliphatic carbocycles. The van der Waals surface area contributed by atoms with E-state index in [1.807, 2.05) is 71.8 Å². The Balaban J connectivity index is 1.62. The van der Waals surface area contributed by atoms with Gasteiger partial charge in [-0.25, -0.2) is 9.13 Å². The Morgan fingerprint density at radius 1 is 1.07 bits per heavy atom. The third kappa shape index (κ3) is 4.06. The van der Waals surface area contributed by atoms with Crippen LogP contribution in [0.15, 0.2) is 55.4 Å². The number of para-hydroxylation sites is 3. The van der Waals surface area contributed by atoms with E-state index >= 15 is 0 Å². The molecule has 0 fully saturated rings. The van der Waals surface area contributed by atoms with E-state index in [2.05, 4.69) is 17.2 Å². The highest BCUT2D eigenvalue weighted by molar-refractivity contribution is 5.95. The molecule has 0 atom stereocenters. The fourth-order valence-electron chi connectivity index (χ4n) is 3.06. The zero-order valence-electron chi connectivity index (χ0n) is 15.5. The van der Waals surface area contributed by atoms with E-state index in [0.29, 0.717) is 0 Å². The molecule has 2 aromatic carbocycles. The molecular formula is C21H23N4O2+. The van der Waals surface area contributed by atoms with Gasteiger partial charge in [-0.3, -0.25) is 9.59 Å². The van der Waals surface area contributed by atoms with Gasteiger partial charge in [0.15, 0.2) is 17.6 Å². The number of aryl methyl sites for hydroxylation is 2. The van der Waals surface area contributed by atoms with Gasteiger partial charge < -0.3 is 10.6 Å². The number of fused-ring (bicyclic) bond motifs is 1. The van der Waals surface area contributed by atoms with Crippen molar-refractivity contribution in [2.24, 2.45) is 0 Å². The van der Waals surface area contributed by atoms with Gasteiger partial charge in [0.1, 0.15) is 0 Å². The van der Waals surface area contributed by atoms with Gasteiger partial charge >= 0.3 is 0 Å². The van der Waals surface area contributed by atoms with Crippen LogP contribution in [0.2, 0.25) is 0 Å². The number of anilines is 1. The molecule has 0 spiro atoms. The van der Waals surface area contributed by atoms with E-state index in [0.717, 1.165) is 27.8 Å². The van der Waals surface area contributed by atoms with Crippen LogP contribution in [0.1, 0.15) is 11.1 Å². The average Bonchev–Trinajstić information content (AvgIpc) is 3.01. The number of nitrogens with one attached hydrogen (secondary N) is 2. The van der Waals surface area contributed by atoms with E-state index in [1.54, 1.807) is 6.20 Å². The molecule has 0 unspecified atom stereocenters. The largest absolute Gasteiger partial charge is 0.344 e. The van der Waals surface area contributed by atoms with E-state index in [-0.39, 0.29) is 24.9 Å². The SMILES string of the molecule is C=Cn1c[n+](CC(=O)NCC(=O)Nc2c(C)cccc2C)c2ccccc21. The summed E-state index contributed by atoms with van der Waals surface area (Å²) in [5.41, 5.74) is 4.66. The Morgan fingerprint density at radius 2 is 1.78 bits per heavy atom. The molecule has 2 amide bonds. The molecule has 27 heavy (non-hydrogen) atoms. The van der Waals surface area contributed by atoms with Gasteiger partial charge in [0.2, 0.25) is 12.2 Å². The van der Waals surface area contributed by atoms with Crippen LogP contribution >= 0.6 is 0 Å². The first-order chi connectivity index (χ1) is 13.0. The molecule has 6 nitrogen and oxygen atoms in total. The number of carbonyl (C=O) groups is 2. The smallest absolute Gasteiger partial charge is 0.262 e. The molecule has 0 radical (unpaired) electrons. The second kappa shape index (κ2) is 7.86. The number of hydrogen-bond donors (Lipinski definition) is 2. The van der Waals surface area contributed by atoms with Crippen molar-refractivity contribution in [3.05, 3.63) is 66.5 Å². The van der Waals surface area contributed by atoms with Gasteiger partial charge in [0.25, 0.3) is 5.91 Å². The van der Waals surface area contributed by atoms with Gasteiger partial charge in [0.05, 0.1) is 12.7 Å². The van der Waals surface area contributed by atoms with Gasteiger partial charge in [-0.15, -0.1) is 0 Å². The van der Waals surface area contributed by atoms with Crippen LogP contribution in [-0.4, -0.2) is 22.9 Å². The summed E-state index contributed by atoms with van der Waals surface area (Å²) in [5, 5.41) is 5.54. The number of rotatable bonds is 6. The van der Waals surface area contributed by atoms with E-state index < -0.39 is 0 Å². The molecule has 2 N–H and O–H groups in total. The summed E-state index contributed by atoms with van der Waals surface area (Å²) in [6, 6.07) is 13.6. The molecule has 1 heterocycles. The Morgan fingerprint density at radius 3 is 2.48 bits per heavy atom. The van der Waals surface area contributed by atoms with Crippen molar-refractivity contribution in [2.45, 2.75) is 20.4 Å². The van der Waals surface area contributed by atoms with E-state index in [4.69, 9.17) is 0 Å². The first kappa shape index (κ1) is 18.4. The molecular weight excluding hydrogens is 340 g/mol. The zero-order valence-corrected chi connectivity index (χ0v) is 15.5. The number of nitrogens with zero attached hydrogens (tertiary/aromatic N) is 2. The molecule has 3 aromatic rings.